The Morgan fingerprint density at radius 2 is 1.82 bits per heavy atom. The molecule has 1 amide bonds. The maximum atomic E-state index is 11.9. The van der Waals surface area contributed by atoms with E-state index in [1.165, 1.54) is 6.92 Å². The van der Waals surface area contributed by atoms with Gasteiger partial charge in [0.1, 0.15) is 0 Å². The summed E-state index contributed by atoms with van der Waals surface area (Å²) in [6.45, 7) is 11.2. The molecule has 0 saturated carbocycles. The summed E-state index contributed by atoms with van der Waals surface area (Å²) < 4.78 is 0. The van der Waals surface area contributed by atoms with Gasteiger partial charge in [-0.15, -0.1) is 0 Å². The maximum Gasteiger partial charge on any atom is 0.308 e. The summed E-state index contributed by atoms with van der Waals surface area (Å²) in [5.74, 6) is -1.65. The predicted octanol–water partition coefficient (Wildman–Crippen LogP) is 2.91. The first-order valence-electron chi connectivity index (χ1n) is 7.68. The van der Waals surface area contributed by atoms with Gasteiger partial charge in [-0.05, 0) is 44.5 Å². The number of amides is 1. The standard InChI is InChI=1S/C17H26N2O3/c1-6-18(7-2)15-8-9-16(12(3)10-15)19(14(5)20)11-13(4)17(21)22/h8-10,13H,6-7,11H2,1-5H3,(H,21,22). The Morgan fingerprint density at radius 1 is 1.23 bits per heavy atom. The van der Waals surface area contributed by atoms with Gasteiger partial charge in [0.15, 0.2) is 0 Å². The van der Waals surface area contributed by atoms with Gasteiger partial charge in [-0.25, -0.2) is 0 Å². The Labute approximate surface area is 132 Å². The summed E-state index contributed by atoms with van der Waals surface area (Å²) in [5.41, 5.74) is 2.86. The van der Waals surface area contributed by atoms with Crippen LogP contribution in [0.3, 0.4) is 0 Å². The van der Waals surface area contributed by atoms with Gasteiger partial charge in [-0.2, -0.15) is 0 Å². The first-order valence-corrected chi connectivity index (χ1v) is 7.68. The van der Waals surface area contributed by atoms with Gasteiger partial charge >= 0.3 is 5.97 Å². The van der Waals surface area contributed by atoms with E-state index in [-0.39, 0.29) is 12.5 Å². The van der Waals surface area contributed by atoms with Crippen LogP contribution in [-0.4, -0.2) is 36.6 Å². The first-order chi connectivity index (χ1) is 10.3. The lowest BCUT2D eigenvalue weighted by atomic mass is 10.1. The predicted molar refractivity (Wildman–Crippen MR) is 89.6 cm³/mol. The van der Waals surface area contributed by atoms with Crippen LogP contribution in [0, 0.1) is 12.8 Å². The molecule has 5 heteroatoms. The molecule has 1 aromatic carbocycles. The molecule has 1 unspecified atom stereocenters. The highest BCUT2D eigenvalue weighted by Crippen LogP contribution is 2.26. The number of benzene rings is 1. The summed E-state index contributed by atoms with van der Waals surface area (Å²) in [7, 11) is 0. The molecule has 0 aliphatic heterocycles. The van der Waals surface area contributed by atoms with Crippen molar-refractivity contribution in [2.24, 2.45) is 5.92 Å². The number of carbonyl (C=O) groups is 2. The number of carboxylic acid groups (broad SMARTS) is 1. The number of aryl methyl sites for hydroxylation is 1. The largest absolute Gasteiger partial charge is 0.481 e. The van der Waals surface area contributed by atoms with Gasteiger partial charge < -0.3 is 14.9 Å². The van der Waals surface area contributed by atoms with Gasteiger partial charge in [0.2, 0.25) is 5.91 Å². The highest BCUT2D eigenvalue weighted by Gasteiger charge is 2.21. The van der Waals surface area contributed by atoms with E-state index in [1.807, 2.05) is 25.1 Å². The number of carboxylic acids is 1. The van der Waals surface area contributed by atoms with Crippen LogP contribution in [0.15, 0.2) is 18.2 Å². The molecule has 1 atom stereocenters. The topological polar surface area (TPSA) is 60.9 Å². The smallest absolute Gasteiger partial charge is 0.308 e. The van der Waals surface area contributed by atoms with Crippen molar-refractivity contribution in [2.45, 2.75) is 34.6 Å². The Kier molecular flexibility index (Phi) is 6.40. The van der Waals surface area contributed by atoms with Crippen LogP contribution in [0.4, 0.5) is 11.4 Å². The summed E-state index contributed by atoms with van der Waals surface area (Å²) in [4.78, 5) is 26.7. The van der Waals surface area contributed by atoms with Crippen molar-refractivity contribution in [2.75, 3.05) is 29.4 Å². The van der Waals surface area contributed by atoms with Crippen molar-refractivity contribution in [3.63, 3.8) is 0 Å². The number of hydrogen-bond donors (Lipinski definition) is 1. The minimum Gasteiger partial charge on any atom is -0.481 e. The molecular weight excluding hydrogens is 280 g/mol. The second-order valence-electron chi connectivity index (χ2n) is 5.51. The van der Waals surface area contributed by atoms with Crippen LogP contribution in [0.2, 0.25) is 0 Å². The lowest BCUT2D eigenvalue weighted by Gasteiger charge is -2.27. The highest BCUT2D eigenvalue weighted by molar-refractivity contribution is 5.93. The fourth-order valence-electron chi connectivity index (χ4n) is 2.48. The van der Waals surface area contributed by atoms with E-state index in [9.17, 15) is 9.59 Å². The average Bonchev–Trinajstić information content (AvgIpc) is 2.46. The number of rotatable bonds is 7. The Bertz CT molecular complexity index is 539. The lowest BCUT2D eigenvalue weighted by Crippen LogP contribution is -2.36. The molecule has 0 spiro atoms. The molecule has 1 N–H and O–H groups in total. The third-order valence-electron chi connectivity index (χ3n) is 3.86. The van der Waals surface area contributed by atoms with E-state index in [2.05, 4.69) is 18.7 Å². The Balaban J connectivity index is 3.11. The fraction of sp³-hybridized carbons (Fsp3) is 0.529. The molecule has 0 aliphatic rings. The number of anilines is 2. The van der Waals surface area contributed by atoms with Crippen LogP contribution < -0.4 is 9.80 Å². The van der Waals surface area contributed by atoms with Gasteiger partial charge in [0.25, 0.3) is 0 Å². The zero-order valence-electron chi connectivity index (χ0n) is 14.1. The molecule has 122 valence electrons. The van der Waals surface area contributed by atoms with Crippen molar-refractivity contribution in [3.8, 4) is 0 Å². The van der Waals surface area contributed by atoms with Crippen molar-refractivity contribution in [1.82, 2.24) is 0 Å². The minimum atomic E-state index is -0.899. The van der Waals surface area contributed by atoms with Crippen molar-refractivity contribution < 1.29 is 14.7 Å². The summed E-state index contributed by atoms with van der Waals surface area (Å²) >= 11 is 0. The van der Waals surface area contributed by atoms with Gasteiger partial charge in [0.05, 0.1) is 5.92 Å². The molecule has 0 fully saturated rings. The van der Waals surface area contributed by atoms with E-state index in [4.69, 9.17) is 5.11 Å². The van der Waals surface area contributed by atoms with Crippen LogP contribution in [0.1, 0.15) is 33.3 Å². The van der Waals surface area contributed by atoms with Gasteiger partial charge in [-0.1, -0.05) is 6.92 Å². The van der Waals surface area contributed by atoms with Crippen molar-refractivity contribution in [3.05, 3.63) is 23.8 Å². The fourth-order valence-corrected chi connectivity index (χ4v) is 2.48. The second-order valence-corrected chi connectivity index (χ2v) is 5.51. The normalized spacial score (nSPS) is 11.9. The van der Waals surface area contributed by atoms with E-state index < -0.39 is 11.9 Å². The molecule has 0 saturated heterocycles. The highest BCUT2D eigenvalue weighted by atomic mass is 16.4. The Hall–Kier alpha value is -2.04. The average molecular weight is 306 g/mol. The molecule has 1 aromatic rings. The first kappa shape index (κ1) is 18.0. The molecule has 22 heavy (non-hydrogen) atoms. The lowest BCUT2D eigenvalue weighted by molar-refractivity contribution is -0.140. The van der Waals surface area contributed by atoms with Crippen molar-refractivity contribution in [1.29, 1.82) is 0 Å². The molecule has 0 aromatic heterocycles. The third kappa shape index (κ3) is 4.23. The maximum absolute atomic E-state index is 11.9. The zero-order chi connectivity index (χ0) is 16.9. The number of hydrogen-bond acceptors (Lipinski definition) is 3. The molecular formula is C17H26N2O3. The summed E-state index contributed by atoms with van der Waals surface area (Å²) in [6, 6.07) is 5.93. The van der Waals surface area contributed by atoms with Crippen molar-refractivity contribution >= 4 is 23.3 Å². The molecule has 0 bridgehead atoms. The zero-order valence-corrected chi connectivity index (χ0v) is 14.1. The quantitative estimate of drug-likeness (QED) is 0.841. The van der Waals surface area contributed by atoms with E-state index in [0.717, 1.165) is 30.0 Å². The molecule has 5 nitrogen and oxygen atoms in total. The van der Waals surface area contributed by atoms with E-state index in [0.29, 0.717) is 0 Å². The molecule has 0 heterocycles. The van der Waals surface area contributed by atoms with Gasteiger partial charge in [0, 0.05) is 37.9 Å². The summed E-state index contributed by atoms with van der Waals surface area (Å²) in [5, 5.41) is 9.06. The van der Waals surface area contributed by atoms with E-state index >= 15 is 0 Å². The number of carbonyl (C=O) groups excluding carboxylic acids is 1. The van der Waals surface area contributed by atoms with Crippen LogP contribution in [0.25, 0.3) is 0 Å². The molecule has 0 aliphatic carbocycles. The minimum absolute atomic E-state index is 0.146. The third-order valence-corrected chi connectivity index (χ3v) is 3.86. The summed E-state index contributed by atoms with van der Waals surface area (Å²) in [6.07, 6.45) is 0. The van der Waals surface area contributed by atoms with Gasteiger partial charge in [-0.3, -0.25) is 9.59 Å². The number of aliphatic carboxylic acids is 1. The Morgan fingerprint density at radius 3 is 2.23 bits per heavy atom. The second kappa shape index (κ2) is 7.82. The molecule has 0 radical (unpaired) electrons. The van der Waals surface area contributed by atoms with Crippen LogP contribution >= 0.6 is 0 Å². The van der Waals surface area contributed by atoms with Crippen LogP contribution in [0.5, 0.6) is 0 Å². The molecule has 1 rings (SSSR count). The van der Waals surface area contributed by atoms with Crippen LogP contribution in [-0.2, 0) is 9.59 Å². The van der Waals surface area contributed by atoms with E-state index in [1.54, 1.807) is 11.8 Å². The monoisotopic (exact) mass is 306 g/mol. The number of nitrogens with zero attached hydrogens (tertiary/aromatic N) is 2. The SMILES string of the molecule is CCN(CC)c1ccc(N(CC(C)C(=O)O)C(C)=O)c(C)c1.